The Bertz CT molecular complexity index is 1460. The van der Waals surface area contributed by atoms with E-state index in [0.717, 1.165) is 30.0 Å². The van der Waals surface area contributed by atoms with Crippen LogP contribution in [0, 0.1) is 11.3 Å². The highest BCUT2D eigenvalue weighted by Crippen LogP contribution is 2.36. The second-order valence-electron chi connectivity index (χ2n) is 9.29. The number of aromatic nitrogens is 2. The maximum Gasteiger partial charge on any atom is 0.224 e. The number of anilines is 4. The van der Waals surface area contributed by atoms with Gasteiger partial charge in [-0.3, -0.25) is 14.8 Å². The molecule has 0 radical (unpaired) electrons. The number of benzene rings is 2. The number of halogens is 1. The number of nitriles is 1. The van der Waals surface area contributed by atoms with Crippen molar-refractivity contribution in [2.24, 2.45) is 0 Å². The van der Waals surface area contributed by atoms with Gasteiger partial charge in [0.15, 0.2) is 0 Å². The van der Waals surface area contributed by atoms with Crippen LogP contribution in [-0.2, 0) is 11.3 Å². The summed E-state index contributed by atoms with van der Waals surface area (Å²) in [5, 5.41) is 20.3. The van der Waals surface area contributed by atoms with Crippen molar-refractivity contribution in [1.82, 2.24) is 14.9 Å². The summed E-state index contributed by atoms with van der Waals surface area (Å²) in [6.07, 6.45) is 5.93. The molecule has 10 heteroatoms. The van der Waals surface area contributed by atoms with E-state index in [1.165, 1.54) is 6.38 Å². The van der Waals surface area contributed by atoms with Gasteiger partial charge in [0.25, 0.3) is 0 Å². The van der Waals surface area contributed by atoms with E-state index < -0.39 is 0 Å². The van der Waals surface area contributed by atoms with Crippen molar-refractivity contribution >= 4 is 51.2 Å². The highest BCUT2D eigenvalue weighted by Gasteiger charge is 2.16. The number of ether oxygens (including phenoxy) is 1. The Kier molecular flexibility index (Phi) is 12.2. The maximum absolute atomic E-state index is 12.7. The van der Waals surface area contributed by atoms with Gasteiger partial charge in [-0.2, -0.15) is 5.26 Å². The Hall–Kier alpha value is -4.39. The van der Waals surface area contributed by atoms with Gasteiger partial charge in [0, 0.05) is 48.0 Å². The first kappa shape index (κ1) is 31.1. The molecule has 9 nitrogen and oxygen atoms in total. The summed E-state index contributed by atoms with van der Waals surface area (Å²) < 4.78 is 5.81. The van der Waals surface area contributed by atoms with Crippen LogP contribution in [0.15, 0.2) is 67.0 Å². The van der Waals surface area contributed by atoms with Crippen molar-refractivity contribution in [3.63, 3.8) is 0 Å². The second-order valence-corrected chi connectivity index (χ2v) is 9.29. The average Bonchev–Trinajstić information content (AvgIpc) is 2.99. The zero-order chi connectivity index (χ0) is 29.6. The monoisotopic (exact) mass is 573 g/mol. The number of amides is 1. The molecule has 0 aliphatic heterocycles. The van der Waals surface area contributed by atoms with E-state index in [1.807, 2.05) is 74.4 Å². The summed E-state index contributed by atoms with van der Waals surface area (Å²) in [7, 11) is 3.96. The van der Waals surface area contributed by atoms with Gasteiger partial charge in [-0.1, -0.05) is 6.07 Å². The van der Waals surface area contributed by atoms with Gasteiger partial charge in [-0.05, 0) is 76.4 Å². The molecule has 214 valence electrons. The van der Waals surface area contributed by atoms with Crippen LogP contribution in [0.4, 0.5) is 22.7 Å². The molecule has 2 aromatic carbocycles. The van der Waals surface area contributed by atoms with Crippen LogP contribution in [0.1, 0.15) is 31.0 Å². The molecule has 4 aromatic rings. The van der Waals surface area contributed by atoms with Crippen LogP contribution in [-0.4, -0.2) is 54.4 Å². The highest BCUT2D eigenvalue weighted by atomic mass is 35.5. The second kappa shape index (κ2) is 16.0. The van der Waals surface area contributed by atoms with Gasteiger partial charge in [-0.15, -0.1) is 11.6 Å². The van der Waals surface area contributed by atoms with Crippen molar-refractivity contribution in [1.29, 1.82) is 5.26 Å². The Labute approximate surface area is 246 Å². The number of hydrogen-bond donors (Lipinski definition) is 3. The minimum absolute atomic E-state index is 0.0927. The molecule has 0 unspecified atom stereocenters. The Balaban J connectivity index is 0.00000226. The van der Waals surface area contributed by atoms with Gasteiger partial charge in [-0.25, -0.2) is 0 Å². The number of nitrogens with one attached hydrogen (secondary N) is 3. The van der Waals surface area contributed by atoms with E-state index in [9.17, 15) is 10.1 Å². The van der Waals surface area contributed by atoms with Crippen molar-refractivity contribution in [2.45, 2.75) is 26.3 Å². The lowest BCUT2D eigenvalue weighted by Gasteiger charge is -2.17. The predicted octanol–water partition coefficient (Wildman–Crippen LogP) is 6.39. The van der Waals surface area contributed by atoms with E-state index in [2.05, 4.69) is 43.6 Å². The Morgan fingerprint density at radius 3 is 2.49 bits per heavy atom. The molecule has 0 fully saturated rings. The molecule has 0 spiro atoms. The van der Waals surface area contributed by atoms with Gasteiger partial charge in [0.1, 0.15) is 11.8 Å². The molecule has 0 atom stereocenters. The normalized spacial score (nSPS) is 10.4. The van der Waals surface area contributed by atoms with Crippen LogP contribution < -0.4 is 20.7 Å². The van der Waals surface area contributed by atoms with Crippen LogP contribution in [0.5, 0.6) is 5.75 Å². The molecule has 2 aromatic heterocycles. The fourth-order valence-corrected chi connectivity index (χ4v) is 4.09. The number of rotatable bonds is 12. The molecule has 0 aliphatic carbocycles. The fraction of sp³-hybridized carbons (Fsp3) is 0.290. The number of carbonyl (C=O) groups excluding carboxylic acids is 1. The molecule has 0 saturated heterocycles. The first-order valence-corrected chi connectivity index (χ1v) is 14.0. The summed E-state index contributed by atoms with van der Waals surface area (Å²) in [4.78, 5) is 23.5. The number of fused-ring (bicyclic) bond motifs is 1. The Morgan fingerprint density at radius 1 is 1.07 bits per heavy atom. The fourth-order valence-electron chi connectivity index (χ4n) is 4.09. The van der Waals surface area contributed by atoms with Crippen molar-refractivity contribution < 1.29 is 9.53 Å². The summed E-state index contributed by atoms with van der Waals surface area (Å²) >= 11 is 4.64. The largest absolute Gasteiger partial charge is 0.492 e. The smallest absolute Gasteiger partial charge is 0.224 e. The van der Waals surface area contributed by atoms with Crippen LogP contribution in [0.3, 0.4) is 0 Å². The molecule has 1 amide bonds. The molecule has 2 heterocycles. The average molecular weight is 574 g/mol. The van der Waals surface area contributed by atoms with Crippen molar-refractivity contribution in [2.75, 3.05) is 49.6 Å². The third-order valence-electron chi connectivity index (χ3n) is 6.03. The zero-order valence-electron chi connectivity index (χ0n) is 23.9. The van der Waals surface area contributed by atoms with E-state index >= 15 is 0 Å². The molecule has 4 rings (SSSR count). The van der Waals surface area contributed by atoms with Gasteiger partial charge >= 0.3 is 0 Å². The summed E-state index contributed by atoms with van der Waals surface area (Å²) in [5.41, 5.74) is 4.92. The summed E-state index contributed by atoms with van der Waals surface area (Å²) in [6, 6.07) is 19.5. The Morgan fingerprint density at radius 2 is 1.83 bits per heavy atom. The first-order chi connectivity index (χ1) is 20.0. The van der Waals surface area contributed by atoms with Gasteiger partial charge in [0.2, 0.25) is 5.91 Å². The van der Waals surface area contributed by atoms with Crippen LogP contribution in [0.2, 0.25) is 0 Å². The zero-order valence-corrected chi connectivity index (χ0v) is 24.6. The third kappa shape index (κ3) is 9.07. The number of nitrogens with zero attached hydrogens (tertiary/aromatic N) is 4. The molecule has 0 bridgehead atoms. The summed E-state index contributed by atoms with van der Waals surface area (Å²) in [5.74, 6) is 0.447. The molecule has 41 heavy (non-hydrogen) atoms. The van der Waals surface area contributed by atoms with Crippen LogP contribution in [0.25, 0.3) is 10.9 Å². The van der Waals surface area contributed by atoms with E-state index in [4.69, 9.17) is 4.74 Å². The SMILES string of the molecule is CCOc1cc2ncc(C#N)c(Nc3ccc(NCc4ccccn4)cc3)c2cc1NC(=O)CCCN(C)C.CCl. The first-order valence-electron chi connectivity index (χ1n) is 13.3. The van der Waals surface area contributed by atoms with Crippen molar-refractivity contribution in [3.8, 4) is 11.8 Å². The maximum atomic E-state index is 12.7. The summed E-state index contributed by atoms with van der Waals surface area (Å²) in [6.45, 7) is 3.77. The van der Waals surface area contributed by atoms with Crippen LogP contribution >= 0.6 is 11.6 Å². The number of pyridine rings is 2. The minimum Gasteiger partial charge on any atom is -0.492 e. The molecular weight excluding hydrogens is 538 g/mol. The van der Waals surface area contributed by atoms with Gasteiger partial charge < -0.3 is 25.6 Å². The molecule has 0 saturated carbocycles. The molecule has 3 N–H and O–H groups in total. The molecular formula is C31H36ClN7O2. The minimum atomic E-state index is -0.0927. The van der Waals surface area contributed by atoms with Gasteiger partial charge in [0.05, 0.1) is 41.3 Å². The standard InChI is InChI=1S/C30H33N7O2.CH3Cl/c1-4-39-28-17-26-25(16-27(28)36-29(38)9-7-15-37(2)3)30(21(18-31)19-34-26)35-23-12-10-22(11-13-23)33-20-24-8-5-6-14-32-24;1-2/h5-6,8,10-14,16-17,19,33H,4,7,9,15,20H2,1-3H3,(H,34,35)(H,36,38);1H3. The quantitative estimate of drug-likeness (QED) is 0.167. The lowest BCUT2D eigenvalue weighted by atomic mass is 10.1. The predicted molar refractivity (Wildman–Crippen MR) is 167 cm³/mol. The number of hydrogen-bond acceptors (Lipinski definition) is 8. The molecule has 0 aliphatic rings. The number of carbonyl (C=O) groups is 1. The van der Waals surface area contributed by atoms with E-state index in [1.54, 1.807) is 18.5 Å². The van der Waals surface area contributed by atoms with E-state index in [0.29, 0.717) is 53.2 Å². The number of alkyl halides is 1. The highest BCUT2D eigenvalue weighted by molar-refractivity contribution is 6.15. The van der Waals surface area contributed by atoms with E-state index in [-0.39, 0.29) is 5.91 Å². The third-order valence-corrected chi connectivity index (χ3v) is 6.03. The van der Waals surface area contributed by atoms with Crippen molar-refractivity contribution in [3.05, 3.63) is 78.2 Å². The lowest BCUT2D eigenvalue weighted by Crippen LogP contribution is -2.17. The topological polar surface area (TPSA) is 115 Å². The lowest BCUT2D eigenvalue weighted by molar-refractivity contribution is -0.116.